The largest absolute Gasteiger partial charge is 0.494 e. The summed E-state index contributed by atoms with van der Waals surface area (Å²) in [4.78, 5) is 0. The van der Waals surface area contributed by atoms with E-state index in [9.17, 15) is 4.39 Å². The molecule has 2 unspecified atom stereocenters. The van der Waals surface area contributed by atoms with Gasteiger partial charge in [0.2, 0.25) is 0 Å². The lowest BCUT2D eigenvalue weighted by Gasteiger charge is -2.20. The molecular weight excluding hydrogens is 261 g/mol. The molecule has 0 aliphatic carbocycles. The van der Waals surface area contributed by atoms with Crippen LogP contribution in [0, 0.1) is 5.82 Å². The minimum absolute atomic E-state index is 0.0790. The highest BCUT2D eigenvalue weighted by molar-refractivity contribution is 7.07. The zero-order chi connectivity index (χ0) is 13.8. The van der Waals surface area contributed by atoms with Crippen LogP contribution in [0.2, 0.25) is 0 Å². The lowest BCUT2D eigenvalue weighted by Crippen LogP contribution is -2.22. The molecule has 0 bridgehead atoms. The second-order valence-electron chi connectivity index (χ2n) is 4.56. The minimum Gasteiger partial charge on any atom is -0.494 e. The van der Waals surface area contributed by atoms with Crippen LogP contribution in [0.5, 0.6) is 5.75 Å². The number of ether oxygens (including phenoxy) is 1. The van der Waals surface area contributed by atoms with Crippen LogP contribution < -0.4 is 10.1 Å². The molecule has 2 aromatic rings. The molecule has 0 fully saturated rings. The number of nitrogens with one attached hydrogen (secondary N) is 1. The van der Waals surface area contributed by atoms with Crippen LogP contribution in [-0.4, -0.2) is 7.11 Å². The van der Waals surface area contributed by atoms with Crippen LogP contribution in [0.4, 0.5) is 4.39 Å². The third-order valence-corrected chi connectivity index (χ3v) is 3.92. The first-order valence-electron chi connectivity index (χ1n) is 6.23. The molecule has 0 spiro atoms. The maximum atomic E-state index is 13.7. The predicted octanol–water partition coefficient (Wildman–Crippen LogP) is 4.31. The van der Waals surface area contributed by atoms with E-state index < -0.39 is 0 Å². The minimum atomic E-state index is -0.322. The SMILES string of the molecule is COc1ccc(C(C)NC(C)c2ccsc2)cc1F. The molecule has 4 heteroatoms. The van der Waals surface area contributed by atoms with Gasteiger partial charge in [0.25, 0.3) is 0 Å². The lowest BCUT2D eigenvalue weighted by molar-refractivity contribution is 0.385. The van der Waals surface area contributed by atoms with Crippen molar-refractivity contribution in [3.8, 4) is 5.75 Å². The Balaban J connectivity index is 2.07. The van der Waals surface area contributed by atoms with Crippen LogP contribution in [0.25, 0.3) is 0 Å². The van der Waals surface area contributed by atoms with E-state index in [4.69, 9.17) is 4.74 Å². The third-order valence-electron chi connectivity index (χ3n) is 3.22. The summed E-state index contributed by atoms with van der Waals surface area (Å²) in [6.07, 6.45) is 0. The van der Waals surface area contributed by atoms with Gasteiger partial charge in [0.05, 0.1) is 7.11 Å². The van der Waals surface area contributed by atoms with Gasteiger partial charge in [-0.15, -0.1) is 0 Å². The van der Waals surface area contributed by atoms with Crippen molar-refractivity contribution in [3.05, 3.63) is 52.0 Å². The molecular formula is C15H18FNOS. The van der Waals surface area contributed by atoms with Gasteiger partial charge in [-0.05, 0) is 53.9 Å². The quantitative estimate of drug-likeness (QED) is 0.880. The van der Waals surface area contributed by atoms with Crippen LogP contribution in [-0.2, 0) is 0 Å². The summed E-state index contributed by atoms with van der Waals surface area (Å²) in [6, 6.07) is 7.50. The standard InChI is InChI=1S/C15H18FNOS/c1-10(17-11(2)13-6-7-19-9-13)12-4-5-15(18-3)14(16)8-12/h4-11,17H,1-3H3. The van der Waals surface area contributed by atoms with Gasteiger partial charge in [-0.2, -0.15) is 11.3 Å². The Kier molecular flexibility index (Phi) is 4.56. The predicted molar refractivity (Wildman–Crippen MR) is 77.2 cm³/mol. The Bertz CT molecular complexity index is 527. The highest BCUT2D eigenvalue weighted by Crippen LogP contribution is 2.24. The van der Waals surface area contributed by atoms with E-state index in [1.54, 1.807) is 17.4 Å². The summed E-state index contributed by atoms with van der Waals surface area (Å²) in [7, 11) is 1.47. The summed E-state index contributed by atoms with van der Waals surface area (Å²) in [6.45, 7) is 4.14. The highest BCUT2D eigenvalue weighted by Gasteiger charge is 2.13. The highest BCUT2D eigenvalue weighted by atomic mass is 32.1. The molecule has 1 heterocycles. The average molecular weight is 279 g/mol. The Morgan fingerprint density at radius 2 is 1.89 bits per heavy atom. The summed E-state index contributed by atoms with van der Waals surface area (Å²) in [5.41, 5.74) is 2.17. The topological polar surface area (TPSA) is 21.3 Å². The second-order valence-corrected chi connectivity index (χ2v) is 5.34. The van der Waals surface area contributed by atoms with E-state index in [0.29, 0.717) is 0 Å². The Labute approximate surface area is 117 Å². The molecule has 2 rings (SSSR count). The van der Waals surface area contributed by atoms with E-state index in [1.807, 2.05) is 13.0 Å². The Morgan fingerprint density at radius 1 is 1.16 bits per heavy atom. The average Bonchev–Trinajstić information content (AvgIpc) is 2.92. The van der Waals surface area contributed by atoms with Crippen molar-refractivity contribution in [2.75, 3.05) is 7.11 Å². The van der Waals surface area contributed by atoms with Gasteiger partial charge in [-0.1, -0.05) is 6.07 Å². The van der Waals surface area contributed by atoms with E-state index in [2.05, 4.69) is 29.1 Å². The number of thiophene rings is 1. The molecule has 1 N–H and O–H groups in total. The smallest absolute Gasteiger partial charge is 0.165 e. The maximum Gasteiger partial charge on any atom is 0.165 e. The van der Waals surface area contributed by atoms with E-state index in [0.717, 1.165) is 5.56 Å². The fourth-order valence-electron chi connectivity index (χ4n) is 2.04. The number of halogens is 1. The van der Waals surface area contributed by atoms with Crippen molar-refractivity contribution in [2.45, 2.75) is 25.9 Å². The van der Waals surface area contributed by atoms with Gasteiger partial charge in [0, 0.05) is 12.1 Å². The van der Waals surface area contributed by atoms with E-state index in [-0.39, 0.29) is 23.7 Å². The Morgan fingerprint density at radius 3 is 2.47 bits per heavy atom. The molecule has 0 radical (unpaired) electrons. The van der Waals surface area contributed by atoms with Crippen LogP contribution in [0.3, 0.4) is 0 Å². The molecule has 0 aliphatic heterocycles. The molecule has 19 heavy (non-hydrogen) atoms. The van der Waals surface area contributed by atoms with E-state index >= 15 is 0 Å². The number of methoxy groups -OCH3 is 1. The Hall–Kier alpha value is -1.39. The van der Waals surface area contributed by atoms with Crippen LogP contribution in [0.1, 0.15) is 37.1 Å². The summed E-state index contributed by atoms with van der Waals surface area (Å²) >= 11 is 1.68. The van der Waals surface area contributed by atoms with Crippen molar-refractivity contribution in [2.24, 2.45) is 0 Å². The van der Waals surface area contributed by atoms with Gasteiger partial charge in [-0.25, -0.2) is 4.39 Å². The molecule has 102 valence electrons. The fourth-order valence-corrected chi connectivity index (χ4v) is 2.79. The molecule has 1 aromatic heterocycles. The summed E-state index contributed by atoms with van der Waals surface area (Å²) in [5, 5.41) is 7.65. The fraction of sp³-hybridized carbons (Fsp3) is 0.333. The number of hydrogen-bond donors (Lipinski definition) is 1. The molecule has 0 saturated carbocycles. The van der Waals surface area contributed by atoms with Crippen molar-refractivity contribution >= 4 is 11.3 Å². The summed E-state index contributed by atoms with van der Waals surface area (Å²) in [5.74, 6) is -0.0429. The molecule has 0 aliphatic rings. The monoisotopic (exact) mass is 279 g/mol. The number of benzene rings is 1. The van der Waals surface area contributed by atoms with Crippen LogP contribution in [0.15, 0.2) is 35.0 Å². The van der Waals surface area contributed by atoms with Gasteiger partial charge in [0.15, 0.2) is 11.6 Å². The molecule has 0 amide bonds. The second kappa shape index (κ2) is 6.17. The van der Waals surface area contributed by atoms with Crippen molar-refractivity contribution in [1.29, 1.82) is 0 Å². The normalized spacial score (nSPS) is 14.1. The molecule has 2 nitrogen and oxygen atoms in total. The lowest BCUT2D eigenvalue weighted by atomic mass is 10.1. The van der Waals surface area contributed by atoms with Gasteiger partial charge >= 0.3 is 0 Å². The molecule has 0 saturated heterocycles. The number of hydrogen-bond acceptors (Lipinski definition) is 3. The first-order chi connectivity index (χ1) is 9.11. The maximum absolute atomic E-state index is 13.7. The first kappa shape index (κ1) is 14.0. The van der Waals surface area contributed by atoms with Crippen molar-refractivity contribution in [3.63, 3.8) is 0 Å². The summed E-state index contributed by atoms with van der Waals surface area (Å²) < 4.78 is 18.6. The van der Waals surface area contributed by atoms with E-state index in [1.165, 1.54) is 18.7 Å². The molecule has 2 atom stereocenters. The zero-order valence-electron chi connectivity index (χ0n) is 11.3. The number of rotatable bonds is 5. The van der Waals surface area contributed by atoms with Gasteiger partial charge in [0.1, 0.15) is 0 Å². The van der Waals surface area contributed by atoms with Crippen LogP contribution >= 0.6 is 11.3 Å². The van der Waals surface area contributed by atoms with Crippen molar-refractivity contribution in [1.82, 2.24) is 5.32 Å². The van der Waals surface area contributed by atoms with Crippen molar-refractivity contribution < 1.29 is 9.13 Å². The van der Waals surface area contributed by atoms with Gasteiger partial charge < -0.3 is 10.1 Å². The third kappa shape index (κ3) is 3.33. The zero-order valence-corrected chi connectivity index (χ0v) is 12.1. The van der Waals surface area contributed by atoms with Gasteiger partial charge in [-0.3, -0.25) is 0 Å². The molecule has 1 aromatic carbocycles. The first-order valence-corrected chi connectivity index (χ1v) is 7.17.